The van der Waals surface area contributed by atoms with E-state index in [1.807, 2.05) is 47.3 Å². The van der Waals surface area contributed by atoms with Gasteiger partial charge in [0.25, 0.3) is 0 Å². The lowest BCUT2D eigenvalue weighted by molar-refractivity contribution is 0.881. The fourth-order valence-corrected chi connectivity index (χ4v) is 1.85. The number of pyridine rings is 1. The molecule has 0 amide bonds. The van der Waals surface area contributed by atoms with Gasteiger partial charge in [-0.15, -0.1) is 0 Å². The van der Waals surface area contributed by atoms with Crippen LogP contribution in [0.4, 0.5) is 5.69 Å². The number of hydrogen-bond donors (Lipinski definition) is 1. The van der Waals surface area contributed by atoms with E-state index in [-0.39, 0.29) is 0 Å². The highest BCUT2D eigenvalue weighted by atomic mass is 15.3. The van der Waals surface area contributed by atoms with Gasteiger partial charge in [0.1, 0.15) is 0 Å². The van der Waals surface area contributed by atoms with Gasteiger partial charge in [0.15, 0.2) is 0 Å². The lowest BCUT2D eigenvalue weighted by Crippen LogP contribution is -1.93. The van der Waals surface area contributed by atoms with Crippen LogP contribution in [0.2, 0.25) is 0 Å². The molecule has 0 aliphatic rings. The number of aromatic nitrogens is 3. The molecule has 0 radical (unpaired) electrons. The second kappa shape index (κ2) is 4.33. The van der Waals surface area contributed by atoms with Crippen molar-refractivity contribution in [1.29, 1.82) is 0 Å². The van der Waals surface area contributed by atoms with Crippen molar-refractivity contribution in [3.63, 3.8) is 0 Å². The van der Waals surface area contributed by atoms with Crippen LogP contribution in [-0.4, -0.2) is 14.8 Å². The molecule has 0 unspecified atom stereocenters. The maximum Gasteiger partial charge on any atom is 0.0645 e. The summed E-state index contributed by atoms with van der Waals surface area (Å²) in [7, 11) is 0. The number of benzene rings is 1. The van der Waals surface area contributed by atoms with E-state index in [9.17, 15) is 0 Å². The maximum atomic E-state index is 5.90. The first kappa shape index (κ1) is 10.5. The summed E-state index contributed by atoms with van der Waals surface area (Å²) in [5.41, 5.74) is 9.52. The summed E-state index contributed by atoms with van der Waals surface area (Å²) in [5.74, 6) is 0. The van der Waals surface area contributed by atoms with Crippen molar-refractivity contribution in [2.45, 2.75) is 0 Å². The predicted octanol–water partition coefficient (Wildman–Crippen LogP) is 2.52. The Hall–Kier alpha value is -2.62. The van der Waals surface area contributed by atoms with Crippen LogP contribution in [0.3, 0.4) is 0 Å². The van der Waals surface area contributed by atoms with Gasteiger partial charge in [0.2, 0.25) is 0 Å². The van der Waals surface area contributed by atoms with Crippen molar-refractivity contribution in [1.82, 2.24) is 14.8 Å². The molecule has 2 N–H and O–H groups in total. The molecule has 18 heavy (non-hydrogen) atoms. The van der Waals surface area contributed by atoms with E-state index in [1.54, 1.807) is 18.6 Å². The third-order valence-electron chi connectivity index (χ3n) is 2.77. The number of nitrogens with two attached hydrogens (primary N) is 1. The molecule has 1 aromatic carbocycles. The zero-order valence-corrected chi connectivity index (χ0v) is 9.69. The van der Waals surface area contributed by atoms with E-state index in [4.69, 9.17) is 5.73 Å². The third-order valence-corrected chi connectivity index (χ3v) is 2.77. The third kappa shape index (κ3) is 1.84. The van der Waals surface area contributed by atoms with Crippen LogP contribution in [-0.2, 0) is 0 Å². The number of nitrogen functional groups attached to an aromatic ring is 1. The zero-order valence-electron chi connectivity index (χ0n) is 9.69. The van der Waals surface area contributed by atoms with Crippen LogP contribution in [0.15, 0.2) is 61.2 Å². The number of para-hydroxylation sites is 1. The largest absolute Gasteiger partial charge is 0.397 e. The van der Waals surface area contributed by atoms with Crippen molar-refractivity contribution in [3.05, 3.63) is 61.2 Å². The first-order valence-electron chi connectivity index (χ1n) is 5.64. The van der Waals surface area contributed by atoms with Gasteiger partial charge in [-0.2, -0.15) is 5.10 Å². The van der Waals surface area contributed by atoms with Crippen LogP contribution >= 0.6 is 0 Å². The standard InChI is InChI=1S/C14H12N4/c15-14-9-16-7-6-13(14)11-8-17-18(10-11)12-4-2-1-3-5-12/h1-10H,15H2. The van der Waals surface area contributed by atoms with Crippen LogP contribution in [0.5, 0.6) is 0 Å². The molecule has 2 heterocycles. The summed E-state index contributed by atoms with van der Waals surface area (Å²) in [5, 5.41) is 4.34. The summed E-state index contributed by atoms with van der Waals surface area (Å²) < 4.78 is 1.83. The highest BCUT2D eigenvalue weighted by Gasteiger charge is 2.05. The van der Waals surface area contributed by atoms with Crippen LogP contribution < -0.4 is 5.73 Å². The van der Waals surface area contributed by atoms with Crippen LogP contribution in [0, 0.1) is 0 Å². The van der Waals surface area contributed by atoms with E-state index in [0.717, 1.165) is 16.8 Å². The van der Waals surface area contributed by atoms with E-state index >= 15 is 0 Å². The van der Waals surface area contributed by atoms with Gasteiger partial charge in [-0.25, -0.2) is 4.68 Å². The van der Waals surface area contributed by atoms with Crippen LogP contribution in [0.1, 0.15) is 0 Å². The minimum absolute atomic E-state index is 0.658. The Balaban J connectivity index is 2.03. The van der Waals surface area contributed by atoms with Gasteiger partial charge in [0, 0.05) is 23.5 Å². The molecule has 2 aromatic heterocycles. The second-order valence-electron chi connectivity index (χ2n) is 3.97. The molecule has 0 bridgehead atoms. The van der Waals surface area contributed by atoms with Crippen molar-refractivity contribution in [2.24, 2.45) is 0 Å². The Morgan fingerprint density at radius 2 is 1.83 bits per heavy atom. The Labute approximate surface area is 105 Å². The smallest absolute Gasteiger partial charge is 0.0645 e. The molecule has 4 nitrogen and oxygen atoms in total. The molecular weight excluding hydrogens is 224 g/mol. The molecule has 0 spiro atoms. The fourth-order valence-electron chi connectivity index (χ4n) is 1.85. The molecule has 0 saturated carbocycles. The summed E-state index contributed by atoms with van der Waals surface area (Å²) in [6.07, 6.45) is 7.14. The molecule has 3 rings (SSSR count). The summed E-state index contributed by atoms with van der Waals surface area (Å²) >= 11 is 0. The first-order valence-corrected chi connectivity index (χ1v) is 5.64. The summed E-state index contributed by atoms with van der Waals surface area (Å²) in [6.45, 7) is 0. The van der Waals surface area contributed by atoms with Crippen molar-refractivity contribution < 1.29 is 0 Å². The number of rotatable bonds is 2. The first-order chi connectivity index (χ1) is 8.84. The Morgan fingerprint density at radius 1 is 1.00 bits per heavy atom. The van der Waals surface area contributed by atoms with Gasteiger partial charge in [-0.05, 0) is 18.2 Å². The molecule has 0 aliphatic heterocycles. The predicted molar refractivity (Wildman–Crippen MR) is 71.2 cm³/mol. The average molecular weight is 236 g/mol. The normalized spacial score (nSPS) is 10.4. The summed E-state index contributed by atoms with van der Waals surface area (Å²) in [4.78, 5) is 3.98. The van der Waals surface area contributed by atoms with Crippen LogP contribution in [0.25, 0.3) is 16.8 Å². The van der Waals surface area contributed by atoms with Gasteiger partial charge in [-0.1, -0.05) is 18.2 Å². The Morgan fingerprint density at radius 3 is 2.61 bits per heavy atom. The number of nitrogens with zero attached hydrogens (tertiary/aromatic N) is 3. The average Bonchev–Trinajstić information content (AvgIpc) is 2.90. The molecular formula is C14H12N4. The zero-order chi connectivity index (χ0) is 12.4. The molecule has 0 fully saturated rings. The minimum Gasteiger partial charge on any atom is -0.397 e. The van der Waals surface area contributed by atoms with Crippen molar-refractivity contribution in [3.8, 4) is 16.8 Å². The Bertz CT molecular complexity index is 658. The van der Waals surface area contributed by atoms with E-state index in [2.05, 4.69) is 10.1 Å². The highest BCUT2D eigenvalue weighted by Crippen LogP contribution is 2.24. The number of hydrogen-bond acceptors (Lipinski definition) is 3. The lowest BCUT2D eigenvalue weighted by Gasteiger charge is -2.01. The van der Waals surface area contributed by atoms with E-state index in [1.165, 1.54) is 0 Å². The quantitative estimate of drug-likeness (QED) is 0.743. The second-order valence-corrected chi connectivity index (χ2v) is 3.97. The van der Waals surface area contributed by atoms with E-state index < -0.39 is 0 Å². The highest BCUT2D eigenvalue weighted by molar-refractivity contribution is 5.74. The topological polar surface area (TPSA) is 56.7 Å². The lowest BCUT2D eigenvalue weighted by atomic mass is 10.1. The maximum absolute atomic E-state index is 5.90. The molecule has 88 valence electrons. The van der Waals surface area contributed by atoms with Gasteiger partial charge in [0.05, 0.1) is 23.8 Å². The van der Waals surface area contributed by atoms with Gasteiger partial charge in [-0.3, -0.25) is 4.98 Å². The SMILES string of the molecule is Nc1cnccc1-c1cnn(-c2ccccc2)c1. The molecule has 0 aliphatic carbocycles. The molecule has 0 atom stereocenters. The van der Waals surface area contributed by atoms with Gasteiger partial charge >= 0.3 is 0 Å². The van der Waals surface area contributed by atoms with Crippen molar-refractivity contribution in [2.75, 3.05) is 5.73 Å². The number of anilines is 1. The molecule has 3 aromatic rings. The minimum atomic E-state index is 0.658. The summed E-state index contributed by atoms with van der Waals surface area (Å²) in [6, 6.07) is 11.9. The van der Waals surface area contributed by atoms with Gasteiger partial charge < -0.3 is 5.73 Å². The van der Waals surface area contributed by atoms with Crippen molar-refractivity contribution >= 4 is 5.69 Å². The fraction of sp³-hybridized carbons (Fsp3) is 0. The monoisotopic (exact) mass is 236 g/mol. The Kier molecular flexibility index (Phi) is 2.53. The van der Waals surface area contributed by atoms with E-state index in [0.29, 0.717) is 5.69 Å². The molecule has 4 heteroatoms. The molecule has 0 saturated heterocycles.